The molecule has 1 aromatic carbocycles. The number of rotatable bonds is 4. The summed E-state index contributed by atoms with van der Waals surface area (Å²) in [6, 6.07) is 8.78. The summed E-state index contributed by atoms with van der Waals surface area (Å²) in [5.74, 6) is 1.45. The fourth-order valence-corrected chi connectivity index (χ4v) is 2.57. The predicted octanol–water partition coefficient (Wildman–Crippen LogP) is 4.36. The predicted molar refractivity (Wildman–Crippen MR) is 78.9 cm³/mol. The first-order chi connectivity index (χ1) is 8.61. The van der Waals surface area contributed by atoms with Crippen molar-refractivity contribution in [2.45, 2.75) is 19.9 Å². The normalized spacial score (nSPS) is 12.7. The molecule has 0 aliphatic carbocycles. The minimum Gasteiger partial charge on any atom is -0.459 e. The van der Waals surface area contributed by atoms with E-state index in [1.54, 1.807) is 6.07 Å². The first-order valence-electron chi connectivity index (χ1n) is 5.90. The molecule has 2 rings (SSSR count). The number of halogens is 2. The Morgan fingerprint density at radius 2 is 2.11 bits per heavy atom. The summed E-state index contributed by atoms with van der Waals surface area (Å²) in [7, 11) is 0. The Kier molecular flexibility index (Phi) is 4.40. The van der Waals surface area contributed by atoms with Crippen molar-refractivity contribution in [2.24, 2.45) is 0 Å². The molecule has 0 fully saturated rings. The molecule has 2 aromatic rings. The lowest BCUT2D eigenvalue weighted by Crippen LogP contribution is -2.16. The zero-order valence-corrected chi connectivity index (χ0v) is 12.5. The SMILES string of the molecule is CCNC(C)c1ccc(-c2ccc(F)cc2I)o1. The maximum Gasteiger partial charge on any atom is 0.135 e. The molecule has 96 valence electrons. The van der Waals surface area contributed by atoms with Gasteiger partial charge in [0, 0.05) is 9.13 Å². The van der Waals surface area contributed by atoms with Crippen molar-refractivity contribution < 1.29 is 8.81 Å². The molecular formula is C14H15FINO. The highest BCUT2D eigenvalue weighted by molar-refractivity contribution is 14.1. The van der Waals surface area contributed by atoms with Crippen LogP contribution < -0.4 is 5.32 Å². The van der Waals surface area contributed by atoms with Crippen LogP contribution in [0.25, 0.3) is 11.3 Å². The van der Waals surface area contributed by atoms with Crippen molar-refractivity contribution in [3.63, 3.8) is 0 Å². The van der Waals surface area contributed by atoms with Crippen LogP contribution >= 0.6 is 22.6 Å². The fraction of sp³-hybridized carbons (Fsp3) is 0.286. The minimum absolute atomic E-state index is 0.182. The molecule has 0 aliphatic rings. The zero-order valence-electron chi connectivity index (χ0n) is 10.3. The Hall–Kier alpha value is -0.880. The molecule has 0 saturated heterocycles. The number of benzene rings is 1. The first-order valence-corrected chi connectivity index (χ1v) is 6.98. The van der Waals surface area contributed by atoms with Crippen molar-refractivity contribution in [3.8, 4) is 11.3 Å². The third kappa shape index (κ3) is 2.92. The Morgan fingerprint density at radius 3 is 2.78 bits per heavy atom. The number of furan rings is 1. The Bertz CT molecular complexity index is 538. The van der Waals surface area contributed by atoms with Gasteiger partial charge in [-0.05, 0) is 66.4 Å². The lowest BCUT2D eigenvalue weighted by molar-refractivity contribution is 0.445. The third-order valence-corrected chi connectivity index (χ3v) is 3.65. The van der Waals surface area contributed by atoms with E-state index in [1.807, 2.05) is 12.1 Å². The van der Waals surface area contributed by atoms with Crippen LogP contribution in [0, 0.1) is 9.39 Å². The van der Waals surface area contributed by atoms with E-state index in [0.717, 1.165) is 27.2 Å². The van der Waals surface area contributed by atoms with Crippen LogP contribution in [-0.4, -0.2) is 6.54 Å². The molecule has 0 aliphatic heterocycles. The summed E-state index contributed by atoms with van der Waals surface area (Å²) >= 11 is 2.12. The number of hydrogen-bond acceptors (Lipinski definition) is 2. The van der Waals surface area contributed by atoms with Crippen LogP contribution in [0.5, 0.6) is 0 Å². The van der Waals surface area contributed by atoms with Crippen LogP contribution in [0.3, 0.4) is 0 Å². The molecule has 0 saturated carbocycles. The lowest BCUT2D eigenvalue weighted by Gasteiger charge is -2.08. The highest BCUT2D eigenvalue weighted by Gasteiger charge is 2.12. The monoisotopic (exact) mass is 359 g/mol. The summed E-state index contributed by atoms with van der Waals surface area (Å²) < 4.78 is 19.7. The van der Waals surface area contributed by atoms with Gasteiger partial charge in [0.1, 0.15) is 17.3 Å². The maximum atomic E-state index is 13.1. The summed E-state index contributed by atoms with van der Waals surface area (Å²) in [5.41, 5.74) is 0.923. The van der Waals surface area contributed by atoms with Crippen molar-refractivity contribution in [3.05, 3.63) is 45.5 Å². The highest BCUT2D eigenvalue weighted by Crippen LogP contribution is 2.29. The van der Waals surface area contributed by atoms with Crippen LogP contribution in [0.2, 0.25) is 0 Å². The zero-order chi connectivity index (χ0) is 13.1. The average Bonchev–Trinajstić information content (AvgIpc) is 2.78. The van der Waals surface area contributed by atoms with Crippen LogP contribution in [0.15, 0.2) is 34.7 Å². The number of hydrogen-bond donors (Lipinski definition) is 1. The molecule has 0 radical (unpaired) electrons. The van der Waals surface area contributed by atoms with Gasteiger partial charge in [0.2, 0.25) is 0 Å². The molecule has 0 amide bonds. The van der Waals surface area contributed by atoms with Gasteiger partial charge in [0.25, 0.3) is 0 Å². The third-order valence-electron chi connectivity index (χ3n) is 2.76. The number of nitrogens with one attached hydrogen (secondary N) is 1. The molecular weight excluding hydrogens is 344 g/mol. The van der Waals surface area contributed by atoms with Gasteiger partial charge in [0.15, 0.2) is 0 Å². The molecule has 1 unspecified atom stereocenters. The Balaban J connectivity index is 2.29. The topological polar surface area (TPSA) is 25.2 Å². The van der Waals surface area contributed by atoms with E-state index in [1.165, 1.54) is 12.1 Å². The van der Waals surface area contributed by atoms with E-state index in [0.29, 0.717) is 0 Å². The summed E-state index contributed by atoms with van der Waals surface area (Å²) in [6.45, 7) is 5.01. The summed E-state index contributed by atoms with van der Waals surface area (Å²) in [5, 5.41) is 3.29. The molecule has 1 atom stereocenters. The second-order valence-corrected chi connectivity index (χ2v) is 5.27. The van der Waals surface area contributed by atoms with Gasteiger partial charge in [-0.15, -0.1) is 0 Å². The molecule has 4 heteroatoms. The highest BCUT2D eigenvalue weighted by atomic mass is 127. The molecule has 1 N–H and O–H groups in total. The van der Waals surface area contributed by atoms with E-state index >= 15 is 0 Å². The summed E-state index contributed by atoms with van der Waals surface area (Å²) in [4.78, 5) is 0. The molecule has 18 heavy (non-hydrogen) atoms. The molecule has 1 heterocycles. The van der Waals surface area contributed by atoms with Gasteiger partial charge in [-0.25, -0.2) is 4.39 Å². The molecule has 0 bridgehead atoms. The first kappa shape index (κ1) is 13.5. The van der Waals surface area contributed by atoms with E-state index in [4.69, 9.17) is 4.42 Å². The fourth-order valence-electron chi connectivity index (χ4n) is 1.83. The van der Waals surface area contributed by atoms with E-state index in [-0.39, 0.29) is 11.9 Å². The van der Waals surface area contributed by atoms with Gasteiger partial charge >= 0.3 is 0 Å². The van der Waals surface area contributed by atoms with E-state index in [2.05, 4.69) is 41.8 Å². The largest absolute Gasteiger partial charge is 0.459 e. The smallest absolute Gasteiger partial charge is 0.135 e. The molecule has 2 nitrogen and oxygen atoms in total. The standard InChI is InChI=1S/C14H15FINO/c1-3-17-9(2)13-6-7-14(18-13)11-5-4-10(15)8-12(11)16/h4-9,17H,3H2,1-2H3. The second-order valence-electron chi connectivity index (χ2n) is 4.11. The van der Waals surface area contributed by atoms with E-state index < -0.39 is 0 Å². The minimum atomic E-state index is -0.226. The van der Waals surface area contributed by atoms with Crippen molar-refractivity contribution in [2.75, 3.05) is 6.54 Å². The van der Waals surface area contributed by atoms with Gasteiger partial charge < -0.3 is 9.73 Å². The van der Waals surface area contributed by atoms with Crippen molar-refractivity contribution in [1.82, 2.24) is 5.32 Å². The van der Waals surface area contributed by atoms with E-state index in [9.17, 15) is 4.39 Å². The van der Waals surface area contributed by atoms with Gasteiger partial charge in [-0.1, -0.05) is 6.92 Å². The van der Waals surface area contributed by atoms with Crippen molar-refractivity contribution in [1.29, 1.82) is 0 Å². The molecule has 1 aromatic heterocycles. The van der Waals surface area contributed by atoms with Crippen molar-refractivity contribution >= 4 is 22.6 Å². The van der Waals surface area contributed by atoms with Gasteiger partial charge in [0.05, 0.1) is 6.04 Å². The Morgan fingerprint density at radius 1 is 1.33 bits per heavy atom. The summed E-state index contributed by atoms with van der Waals surface area (Å²) in [6.07, 6.45) is 0. The van der Waals surface area contributed by atoms with Crippen LogP contribution in [0.4, 0.5) is 4.39 Å². The van der Waals surface area contributed by atoms with Crippen LogP contribution in [0.1, 0.15) is 25.6 Å². The van der Waals surface area contributed by atoms with Gasteiger partial charge in [-0.2, -0.15) is 0 Å². The van der Waals surface area contributed by atoms with Crippen LogP contribution in [-0.2, 0) is 0 Å². The lowest BCUT2D eigenvalue weighted by atomic mass is 10.2. The second kappa shape index (κ2) is 5.84. The quantitative estimate of drug-likeness (QED) is 0.821. The van der Waals surface area contributed by atoms with Gasteiger partial charge in [-0.3, -0.25) is 0 Å². The maximum absolute atomic E-state index is 13.1. The Labute approximate surface area is 120 Å². The molecule has 0 spiro atoms. The average molecular weight is 359 g/mol.